The van der Waals surface area contributed by atoms with Crippen molar-refractivity contribution in [1.82, 2.24) is 10.2 Å². The first-order valence-electron chi connectivity index (χ1n) is 5.95. The van der Waals surface area contributed by atoms with E-state index in [1.54, 1.807) is 30.3 Å². The molecule has 0 aliphatic rings. The van der Waals surface area contributed by atoms with E-state index < -0.39 is 0 Å². The summed E-state index contributed by atoms with van der Waals surface area (Å²) in [4.78, 5) is 12.1. The Morgan fingerprint density at radius 3 is 2.55 bits per heavy atom. The van der Waals surface area contributed by atoms with Gasteiger partial charge in [0.15, 0.2) is 5.82 Å². The number of nitrogens with one attached hydrogen (secondary N) is 2. The second-order valence-corrected chi connectivity index (χ2v) is 4.76. The second-order valence-electron chi connectivity index (χ2n) is 3.91. The molecule has 6 heteroatoms. The third-order valence-electron chi connectivity index (χ3n) is 2.45. The molecule has 1 aromatic carbocycles. The molecule has 1 aromatic heterocycles. The normalized spacial score (nSPS) is 9.85. The molecule has 0 radical (unpaired) electrons. The number of amides is 1. The molecular formula is C14H13BrN4O. The Balaban J connectivity index is 2.05. The van der Waals surface area contributed by atoms with Crippen LogP contribution in [0.3, 0.4) is 0 Å². The number of aromatic nitrogens is 2. The summed E-state index contributed by atoms with van der Waals surface area (Å²) in [6, 6.07) is 10.6. The number of benzene rings is 1. The number of carbonyl (C=O) groups excluding carboxylic acids is 1. The topological polar surface area (TPSA) is 66.9 Å². The molecule has 2 rings (SSSR count). The van der Waals surface area contributed by atoms with E-state index in [1.807, 2.05) is 12.1 Å². The standard InChI is InChI=1S/C14H13BrN4O/c1-2-9-16-12-7-8-13(19-18-12)17-14(20)10-5-3-4-6-11(10)15/h2-8H,1,9H2,(H,16,18)(H,17,19,20). The van der Waals surface area contributed by atoms with Crippen molar-refractivity contribution in [3.8, 4) is 0 Å². The third-order valence-corrected chi connectivity index (χ3v) is 3.14. The van der Waals surface area contributed by atoms with E-state index in [0.29, 0.717) is 23.7 Å². The van der Waals surface area contributed by atoms with Crippen molar-refractivity contribution >= 4 is 33.5 Å². The Hall–Kier alpha value is -2.21. The van der Waals surface area contributed by atoms with Crippen LogP contribution in [0.2, 0.25) is 0 Å². The van der Waals surface area contributed by atoms with Crippen molar-refractivity contribution < 1.29 is 4.79 Å². The lowest BCUT2D eigenvalue weighted by molar-refractivity contribution is 0.102. The van der Waals surface area contributed by atoms with Gasteiger partial charge in [-0.3, -0.25) is 4.79 Å². The zero-order valence-corrected chi connectivity index (χ0v) is 12.2. The van der Waals surface area contributed by atoms with E-state index in [-0.39, 0.29) is 5.91 Å². The maximum atomic E-state index is 12.1. The van der Waals surface area contributed by atoms with Gasteiger partial charge in [-0.25, -0.2) is 0 Å². The van der Waals surface area contributed by atoms with Crippen LogP contribution in [-0.2, 0) is 0 Å². The van der Waals surface area contributed by atoms with Crippen LogP contribution < -0.4 is 10.6 Å². The molecular weight excluding hydrogens is 320 g/mol. The SMILES string of the molecule is C=CCNc1ccc(NC(=O)c2ccccc2Br)nn1. The van der Waals surface area contributed by atoms with Crippen LogP contribution in [0.15, 0.2) is 53.5 Å². The highest BCUT2D eigenvalue weighted by Crippen LogP contribution is 2.17. The Kier molecular flexibility index (Phi) is 4.84. The lowest BCUT2D eigenvalue weighted by Gasteiger charge is -2.06. The number of rotatable bonds is 5. The van der Waals surface area contributed by atoms with Crippen molar-refractivity contribution in [3.05, 3.63) is 59.1 Å². The Labute approximate surface area is 125 Å². The smallest absolute Gasteiger partial charge is 0.258 e. The maximum absolute atomic E-state index is 12.1. The number of hydrogen-bond donors (Lipinski definition) is 2. The summed E-state index contributed by atoms with van der Waals surface area (Å²) in [6.45, 7) is 4.21. The van der Waals surface area contributed by atoms with Crippen LogP contribution in [-0.4, -0.2) is 22.6 Å². The Morgan fingerprint density at radius 2 is 1.90 bits per heavy atom. The molecule has 1 amide bonds. The van der Waals surface area contributed by atoms with Crippen molar-refractivity contribution in [2.75, 3.05) is 17.2 Å². The van der Waals surface area contributed by atoms with Gasteiger partial charge in [0, 0.05) is 11.0 Å². The van der Waals surface area contributed by atoms with Gasteiger partial charge in [0.1, 0.15) is 5.82 Å². The zero-order valence-electron chi connectivity index (χ0n) is 10.6. The summed E-state index contributed by atoms with van der Waals surface area (Å²) in [5.41, 5.74) is 0.545. The molecule has 102 valence electrons. The Morgan fingerprint density at radius 1 is 1.20 bits per heavy atom. The average molecular weight is 333 g/mol. The van der Waals surface area contributed by atoms with Crippen LogP contribution in [0.25, 0.3) is 0 Å². The lowest BCUT2D eigenvalue weighted by Crippen LogP contribution is -2.14. The van der Waals surface area contributed by atoms with Crippen molar-refractivity contribution in [2.45, 2.75) is 0 Å². The minimum Gasteiger partial charge on any atom is -0.365 e. The summed E-state index contributed by atoms with van der Waals surface area (Å²) in [5, 5.41) is 13.6. The molecule has 0 aliphatic heterocycles. The molecule has 2 aromatic rings. The molecule has 0 saturated heterocycles. The van der Waals surface area contributed by atoms with Gasteiger partial charge in [-0.2, -0.15) is 0 Å². The summed E-state index contributed by atoms with van der Waals surface area (Å²) in [7, 11) is 0. The van der Waals surface area contributed by atoms with Gasteiger partial charge in [-0.1, -0.05) is 18.2 Å². The first-order valence-corrected chi connectivity index (χ1v) is 6.74. The fraction of sp³-hybridized carbons (Fsp3) is 0.0714. The number of halogens is 1. The van der Waals surface area contributed by atoms with E-state index in [9.17, 15) is 4.79 Å². The molecule has 0 bridgehead atoms. The second kappa shape index (κ2) is 6.81. The Bertz CT molecular complexity index is 613. The predicted octanol–water partition coefficient (Wildman–Crippen LogP) is 3.09. The largest absolute Gasteiger partial charge is 0.365 e. The molecule has 0 unspecified atom stereocenters. The van der Waals surface area contributed by atoms with Gasteiger partial charge in [0.2, 0.25) is 0 Å². The molecule has 5 nitrogen and oxygen atoms in total. The highest BCUT2D eigenvalue weighted by atomic mass is 79.9. The average Bonchev–Trinajstić information content (AvgIpc) is 2.47. The highest BCUT2D eigenvalue weighted by Gasteiger charge is 2.10. The first kappa shape index (κ1) is 14.2. The third kappa shape index (κ3) is 3.64. The molecule has 0 fully saturated rings. The minimum absolute atomic E-state index is 0.237. The van der Waals surface area contributed by atoms with Crippen LogP contribution in [0.4, 0.5) is 11.6 Å². The van der Waals surface area contributed by atoms with Gasteiger partial charge in [-0.15, -0.1) is 16.8 Å². The van der Waals surface area contributed by atoms with Crippen LogP contribution in [0.1, 0.15) is 10.4 Å². The predicted molar refractivity (Wildman–Crippen MR) is 82.8 cm³/mol. The minimum atomic E-state index is -0.237. The fourth-order valence-electron chi connectivity index (χ4n) is 1.50. The molecule has 2 N–H and O–H groups in total. The molecule has 0 spiro atoms. The van der Waals surface area contributed by atoms with E-state index in [4.69, 9.17) is 0 Å². The van der Waals surface area contributed by atoms with Crippen LogP contribution in [0.5, 0.6) is 0 Å². The van der Waals surface area contributed by atoms with E-state index >= 15 is 0 Å². The van der Waals surface area contributed by atoms with Crippen molar-refractivity contribution in [1.29, 1.82) is 0 Å². The number of carbonyl (C=O) groups is 1. The summed E-state index contributed by atoms with van der Waals surface area (Å²) in [5.74, 6) is 0.789. The summed E-state index contributed by atoms with van der Waals surface area (Å²) >= 11 is 3.33. The van der Waals surface area contributed by atoms with Gasteiger partial charge in [-0.05, 0) is 40.2 Å². The fourth-order valence-corrected chi connectivity index (χ4v) is 1.96. The number of anilines is 2. The molecule has 0 aliphatic carbocycles. The van der Waals surface area contributed by atoms with E-state index in [0.717, 1.165) is 4.47 Å². The van der Waals surface area contributed by atoms with Gasteiger partial charge in [0.25, 0.3) is 5.91 Å². The van der Waals surface area contributed by atoms with E-state index in [1.165, 1.54) is 0 Å². The highest BCUT2D eigenvalue weighted by molar-refractivity contribution is 9.10. The molecule has 20 heavy (non-hydrogen) atoms. The van der Waals surface area contributed by atoms with E-state index in [2.05, 4.69) is 43.3 Å². The monoisotopic (exact) mass is 332 g/mol. The maximum Gasteiger partial charge on any atom is 0.258 e. The van der Waals surface area contributed by atoms with Crippen LogP contribution in [0, 0.1) is 0 Å². The van der Waals surface area contributed by atoms with Crippen molar-refractivity contribution in [3.63, 3.8) is 0 Å². The van der Waals surface area contributed by atoms with Crippen molar-refractivity contribution in [2.24, 2.45) is 0 Å². The van der Waals surface area contributed by atoms with Gasteiger partial charge in [0.05, 0.1) is 5.56 Å². The summed E-state index contributed by atoms with van der Waals surface area (Å²) < 4.78 is 0.731. The van der Waals surface area contributed by atoms with Crippen LogP contribution >= 0.6 is 15.9 Å². The quantitative estimate of drug-likeness (QED) is 0.825. The number of nitrogens with zero attached hydrogens (tertiary/aromatic N) is 2. The zero-order chi connectivity index (χ0) is 14.4. The number of hydrogen-bond acceptors (Lipinski definition) is 4. The summed E-state index contributed by atoms with van der Waals surface area (Å²) in [6.07, 6.45) is 1.73. The molecule has 0 atom stereocenters. The lowest BCUT2D eigenvalue weighted by atomic mass is 10.2. The molecule has 0 saturated carbocycles. The first-order chi connectivity index (χ1) is 9.70. The molecule has 1 heterocycles. The van der Waals surface area contributed by atoms with Gasteiger partial charge < -0.3 is 10.6 Å². The van der Waals surface area contributed by atoms with Gasteiger partial charge >= 0.3 is 0 Å².